The molecular weight excluding hydrogens is 350 g/mol. The summed E-state index contributed by atoms with van der Waals surface area (Å²) in [6, 6.07) is 15.3. The summed E-state index contributed by atoms with van der Waals surface area (Å²) < 4.78 is 0. The van der Waals surface area contributed by atoms with Gasteiger partial charge in [-0.05, 0) is 49.9 Å². The number of carbonyl (C=O) groups excluding carboxylic acids is 2. The lowest BCUT2D eigenvalue weighted by atomic mass is 10.1. The fourth-order valence-corrected chi connectivity index (χ4v) is 3.96. The quantitative estimate of drug-likeness (QED) is 0.715. The van der Waals surface area contributed by atoms with Crippen molar-refractivity contribution in [1.82, 2.24) is 9.88 Å². The molecule has 2 heterocycles. The van der Waals surface area contributed by atoms with Gasteiger partial charge in [0.2, 0.25) is 5.91 Å². The third-order valence-corrected chi connectivity index (χ3v) is 5.44. The van der Waals surface area contributed by atoms with Crippen LogP contribution in [-0.4, -0.2) is 34.8 Å². The number of benzene rings is 2. The van der Waals surface area contributed by atoms with Gasteiger partial charge < -0.3 is 15.2 Å². The molecule has 0 atom stereocenters. The Balaban J connectivity index is 1.53. The van der Waals surface area contributed by atoms with E-state index in [-0.39, 0.29) is 18.2 Å². The van der Waals surface area contributed by atoms with E-state index < -0.39 is 0 Å². The van der Waals surface area contributed by atoms with Crippen molar-refractivity contribution in [3.63, 3.8) is 0 Å². The zero-order valence-corrected chi connectivity index (χ0v) is 16.1. The lowest BCUT2D eigenvalue weighted by molar-refractivity contribution is -0.115. The molecule has 1 aliphatic rings. The van der Waals surface area contributed by atoms with Gasteiger partial charge in [0.15, 0.2) is 0 Å². The molecule has 0 unspecified atom stereocenters. The largest absolute Gasteiger partial charge is 0.358 e. The summed E-state index contributed by atoms with van der Waals surface area (Å²) in [4.78, 5) is 30.9. The number of H-pyrrole nitrogens is 1. The van der Waals surface area contributed by atoms with Crippen LogP contribution in [0, 0.1) is 6.92 Å². The summed E-state index contributed by atoms with van der Waals surface area (Å²) in [6.07, 6.45) is 3.52. The Morgan fingerprint density at radius 3 is 2.54 bits per heavy atom. The summed E-state index contributed by atoms with van der Waals surface area (Å²) in [5, 5.41) is 4.02. The van der Waals surface area contributed by atoms with Gasteiger partial charge in [-0.25, -0.2) is 0 Å². The molecule has 3 aromatic rings. The molecule has 0 spiro atoms. The van der Waals surface area contributed by atoms with Gasteiger partial charge in [0.25, 0.3) is 5.91 Å². The number of aromatic amines is 1. The number of nitrogens with zero attached hydrogens (tertiary/aromatic N) is 1. The molecule has 1 aliphatic heterocycles. The number of hydrogen-bond donors (Lipinski definition) is 2. The molecule has 0 aliphatic carbocycles. The molecular formula is C23H25N3O2. The van der Waals surface area contributed by atoms with Crippen molar-refractivity contribution >= 4 is 28.4 Å². The number of aromatic nitrogens is 1. The number of nitrogens with one attached hydrogen (secondary N) is 2. The number of fused-ring (bicyclic) bond motifs is 1. The number of para-hydroxylation sites is 2. The maximum atomic E-state index is 12.9. The first-order chi connectivity index (χ1) is 13.6. The van der Waals surface area contributed by atoms with E-state index in [4.69, 9.17) is 0 Å². The van der Waals surface area contributed by atoms with Crippen molar-refractivity contribution in [2.45, 2.75) is 32.6 Å². The molecule has 2 N–H and O–H groups in total. The van der Waals surface area contributed by atoms with Crippen molar-refractivity contribution in [2.75, 3.05) is 18.4 Å². The summed E-state index contributed by atoms with van der Waals surface area (Å²) in [5.41, 5.74) is 4.17. The Bertz CT molecular complexity index is 1020. The van der Waals surface area contributed by atoms with Crippen molar-refractivity contribution in [3.05, 3.63) is 65.4 Å². The molecule has 2 aromatic carbocycles. The lowest BCUT2D eigenvalue weighted by Crippen LogP contribution is -2.36. The molecule has 5 nitrogen and oxygen atoms in total. The number of carbonyl (C=O) groups is 2. The summed E-state index contributed by atoms with van der Waals surface area (Å²) in [6.45, 7) is 3.56. The number of piperidine rings is 1. The first-order valence-corrected chi connectivity index (χ1v) is 9.88. The average molecular weight is 375 g/mol. The molecule has 0 saturated carbocycles. The van der Waals surface area contributed by atoms with Crippen LogP contribution in [0.5, 0.6) is 0 Å². The Morgan fingerprint density at radius 2 is 1.71 bits per heavy atom. The fraction of sp³-hybridized carbons (Fsp3) is 0.304. The number of hydrogen-bond acceptors (Lipinski definition) is 2. The van der Waals surface area contributed by atoms with Crippen LogP contribution in [0.4, 0.5) is 5.69 Å². The Kier molecular flexibility index (Phi) is 5.15. The highest BCUT2D eigenvalue weighted by atomic mass is 16.2. The predicted octanol–water partition coefficient (Wildman–Crippen LogP) is 4.28. The number of likely N-dealkylation sites (tertiary alicyclic amines) is 1. The zero-order valence-electron chi connectivity index (χ0n) is 16.1. The van der Waals surface area contributed by atoms with E-state index in [1.807, 2.05) is 48.2 Å². The van der Waals surface area contributed by atoms with Crippen LogP contribution < -0.4 is 5.32 Å². The summed E-state index contributed by atoms with van der Waals surface area (Å²) in [5.74, 6) is -0.120. The normalized spacial score (nSPS) is 14.2. The van der Waals surface area contributed by atoms with E-state index in [1.165, 1.54) is 6.42 Å². The number of rotatable bonds is 4. The van der Waals surface area contributed by atoms with Gasteiger partial charge in [0, 0.05) is 29.7 Å². The standard InChI is InChI=1S/C23H25N3O2/c1-16-19(17-9-3-5-11-20(17)24-16)15-22(27)25-21-12-6-4-10-18(21)23(28)26-13-7-2-8-14-26/h3-6,9-12,24H,2,7-8,13-15H2,1H3,(H,25,27). The first kappa shape index (κ1) is 18.3. The van der Waals surface area contributed by atoms with Gasteiger partial charge in [-0.3, -0.25) is 9.59 Å². The fourth-order valence-electron chi connectivity index (χ4n) is 3.96. The van der Waals surface area contributed by atoms with E-state index in [1.54, 1.807) is 12.1 Å². The second-order valence-electron chi connectivity index (χ2n) is 7.40. The Labute approximate surface area is 164 Å². The van der Waals surface area contributed by atoms with Gasteiger partial charge in [0.05, 0.1) is 17.7 Å². The smallest absolute Gasteiger partial charge is 0.255 e. The Hall–Kier alpha value is -3.08. The van der Waals surface area contributed by atoms with E-state index >= 15 is 0 Å². The topological polar surface area (TPSA) is 65.2 Å². The van der Waals surface area contributed by atoms with Crippen LogP contribution in [0.2, 0.25) is 0 Å². The molecule has 1 saturated heterocycles. The van der Waals surface area contributed by atoms with Crippen LogP contribution in [0.25, 0.3) is 10.9 Å². The van der Waals surface area contributed by atoms with Crippen molar-refractivity contribution < 1.29 is 9.59 Å². The molecule has 144 valence electrons. The highest BCUT2D eigenvalue weighted by Gasteiger charge is 2.21. The number of anilines is 1. The molecule has 1 fully saturated rings. The van der Waals surface area contributed by atoms with Crippen molar-refractivity contribution in [2.24, 2.45) is 0 Å². The monoisotopic (exact) mass is 375 g/mol. The van der Waals surface area contributed by atoms with Gasteiger partial charge in [-0.1, -0.05) is 30.3 Å². The number of aryl methyl sites for hydroxylation is 1. The van der Waals surface area contributed by atoms with Gasteiger partial charge in [-0.2, -0.15) is 0 Å². The van der Waals surface area contributed by atoms with E-state index in [2.05, 4.69) is 10.3 Å². The predicted molar refractivity (Wildman–Crippen MR) is 112 cm³/mol. The third-order valence-electron chi connectivity index (χ3n) is 5.44. The minimum atomic E-state index is -0.119. The molecule has 0 radical (unpaired) electrons. The highest BCUT2D eigenvalue weighted by Crippen LogP contribution is 2.24. The highest BCUT2D eigenvalue weighted by molar-refractivity contribution is 6.04. The minimum Gasteiger partial charge on any atom is -0.358 e. The van der Waals surface area contributed by atoms with Gasteiger partial charge in [0.1, 0.15) is 0 Å². The van der Waals surface area contributed by atoms with E-state index in [0.29, 0.717) is 11.3 Å². The molecule has 2 amide bonds. The molecule has 1 aromatic heterocycles. The van der Waals surface area contributed by atoms with Crippen LogP contribution >= 0.6 is 0 Å². The second kappa shape index (κ2) is 7.89. The summed E-state index contributed by atoms with van der Waals surface area (Å²) in [7, 11) is 0. The van der Waals surface area contributed by atoms with E-state index in [0.717, 1.165) is 48.1 Å². The molecule has 4 rings (SSSR count). The van der Waals surface area contributed by atoms with Gasteiger partial charge >= 0.3 is 0 Å². The SMILES string of the molecule is Cc1[nH]c2ccccc2c1CC(=O)Nc1ccccc1C(=O)N1CCCCC1. The lowest BCUT2D eigenvalue weighted by Gasteiger charge is -2.27. The summed E-state index contributed by atoms with van der Waals surface area (Å²) >= 11 is 0. The van der Waals surface area contributed by atoms with Crippen LogP contribution in [0.3, 0.4) is 0 Å². The Morgan fingerprint density at radius 1 is 1.00 bits per heavy atom. The van der Waals surface area contributed by atoms with Gasteiger partial charge in [-0.15, -0.1) is 0 Å². The third kappa shape index (κ3) is 3.65. The number of amides is 2. The van der Waals surface area contributed by atoms with Crippen molar-refractivity contribution in [3.8, 4) is 0 Å². The first-order valence-electron chi connectivity index (χ1n) is 9.88. The van der Waals surface area contributed by atoms with Crippen molar-refractivity contribution in [1.29, 1.82) is 0 Å². The van der Waals surface area contributed by atoms with Crippen LogP contribution in [0.15, 0.2) is 48.5 Å². The minimum absolute atomic E-state index is 0.00104. The maximum absolute atomic E-state index is 12.9. The second-order valence-corrected chi connectivity index (χ2v) is 7.40. The maximum Gasteiger partial charge on any atom is 0.255 e. The average Bonchev–Trinajstić information content (AvgIpc) is 3.04. The van der Waals surface area contributed by atoms with E-state index in [9.17, 15) is 9.59 Å². The molecule has 5 heteroatoms. The molecule has 28 heavy (non-hydrogen) atoms. The zero-order chi connectivity index (χ0) is 19.5. The molecule has 0 bridgehead atoms. The van der Waals surface area contributed by atoms with Crippen LogP contribution in [0.1, 0.15) is 40.9 Å². The van der Waals surface area contributed by atoms with Crippen LogP contribution in [-0.2, 0) is 11.2 Å².